The van der Waals surface area contributed by atoms with Gasteiger partial charge in [-0.15, -0.1) is 0 Å². The van der Waals surface area contributed by atoms with Crippen LogP contribution in [0.3, 0.4) is 0 Å². The summed E-state index contributed by atoms with van der Waals surface area (Å²) in [6.07, 6.45) is 1.62. The zero-order valence-corrected chi connectivity index (χ0v) is 14.5. The Kier molecular flexibility index (Phi) is 7.39. The lowest BCUT2D eigenvalue weighted by Crippen LogP contribution is -2.42. The smallest absolute Gasteiger partial charge is 0.407 e. The van der Waals surface area contributed by atoms with Gasteiger partial charge in [-0.3, -0.25) is 0 Å². The van der Waals surface area contributed by atoms with Crippen molar-refractivity contribution in [3.63, 3.8) is 0 Å². The third kappa shape index (κ3) is 6.94. The number of amides is 1. The van der Waals surface area contributed by atoms with Crippen LogP contribution >= 0.6 is 0 Å². The maximum atomic E-state index is 11.7. The summed E-state index contributed by atoms with van der Waals surface area (Å²) in [7, 11) is 0. The Morgan fingerprint density at radius 3 is 2.36 bits per heavy atom. The topological polar surface area (TPSA) is 50.4 Å². The number of ether oxygens (including phenoxy) is 1. The average molecular weight is 306 g/mol. The molecule has 0 aromatic heterocycles. The molecule has 0 saturated carbocycles. The van der Waals surface area contributed by atoms with E-state index in [1.807, 2.05) is 20.8 Å². The van der Waals surface area contributed by atoms with Crippen molar-refractivity contribution in [3.8, 4) is 0 Å². The maximum Gasteiger partial charge on any atom is 0.407 e. The molecule has 0 fully saturated rings. The van der Waals surface area contributed by atoms with E-state index < -0.39 is 5.60 Å². The molecule has 1 aromatic rings. The first-order valence-corrected chi connectivity index (χ1v) is 8.12. The number of carbonyl (C=O) groups is 1. The fourth-order valence-electron chi connectivity index (χ4n) is 2.21. The van der Waals surface area contributed by atoms with Crippen molar-refractivity contribution in [2.24, 2.45) is 0 Å². The SMILES string of the molecule is CCc1ccccc1CNC(CC)CNC(=O)OC(C)(C)C. The molecule has 1 aromatic carbocycles. The van der Waals surface area contributed by atoms with Gasteiger partial charge in [-0.25, -0.2) is 4.79 Å². The van der Waals surface area contributed by atoms with Crippen molar-refractivity contribution in [3.05, 3.63) is 35.4 Å². The normalized spacial score (nSPS) is 12.8. The van der Waals surface area contributed by atoms with E-state index in [2.05, 4.69) is 48.7 Å². The van der Waals surface area contributed by atoms with Crippen LogP contribution in [0.1, 0.15) is 52.2 Å². The molecule has 0 spiro atoms. The molecule has 0 heterocycles. The van der Waals surface area contributed by atoms with Gasteiger partial charge in [-0.2, -0.15) is 0 Å². The van der Waals surface area contributed by atoms with Gasteiger partial charge in [0.05, 0.1) is 0 Å². The van der Waals surface area contributed by atoms with Crippen LogP contribution in [0, 0.1) is 0 Å². The minimum absolute atomic E-state index is 0.234. The summed E-state index contributed by atoms with van der Waals surface area (Å²) in [5, 5.41) is 6.34. The predicted octanol–water partition coefficient (Wildman–Crippen LogP) is 3.64. The average Bonchev–Trinajstić information content (AvgIpc) is 2.46. The number of rotatable bonds is 7. The highest BCUT2D eigenvalue weighted by Crippen LogP contribution is 2.10. The Hall–Kier alpha value is -1.55. The zero-order valence-electron chi connectivity index (χ0n) is 14.5. The van der Waals surface area contributed by atoms with Gasteiger partial charge in [0.15, 0.2) is 0 Å². The fraction of sp³-hybridized carbons (Fsp3) is 0.611. The number of hydrogen-bond acceptors (Lipinski definition) is 3. The summed E-state index contributed by atoms with van der Waals surface area (Å²) < 4.78 is 5.25. The number of benzene rings is 1. The Labute approximate surface area is 134 Å². The molecule has 1 rings (SSSR count). The van der Waals surface area contributed by atoms with Crippen molar-refractivity contribution in [2.45, 2.75) is 65.6 Å². The second kappa shape index (κ2) is 8.79. The van der Waals surface area contributed by atoms with Crippen molar-refractivity contribution in [1.82, 2.24) is 10.6 Å². The van der Waals surface area contributed by atoms with Crippen molar-refractivity contribution < 1.29 is 9.53 Å². The molecular weight excluding hydrogens is 276 g/mol. The Bertz CT molecular complexity index is 466. The summed E-state index contributed by atoms with van der Waals surface area (Å²) in [4.78, 5) is 11.7. The highest BCUT2D eigenvalue weighted by Gasteiger charge is 2.17. The fourth-order valence-corrected chi connectivity index (χ4v) is 2.21. The van der Waals surface area contributed by atoms with Gasteiger partial charge < -0.3 is 15.4 Å². The van der Waals surface area contributed by atoms with Crippen LogP contribution in [-0.2, 0) is 17.7 Å². The van der Waals surface area contributed by atoms with E-state index in [4.69, 9.17) is 4.74 Å². The Balaban J connectivity index is 2.44. The van der Waals surface area contributed by atoms with Crippen LogP contribution in [0.25, 0.3) is 0 Å². The van der Waals surface area contributed by atoms with Gasteiger partial charge in [-0.05, 0) is 44.7 Å². The highest BCUT2D eigenvalue weighted by atomic mass is 16.6. The second-order valence-electron chi connectivity index (χ2n) is 6.49. The minimum Gasteiger partial charge on any atom is -0.444 e. The molecule has 1 atom stereocenters. The number of aryl methyl sites for hydroxylation is 1. The van der Waals surface area contributed by atoms with Gasteiger partial charge in [0.25, 0.3) is 0 Å². The molecular formula is C18H30N2O2. The number of carbonyl (C=O) groups excluding carboxylic acids is 1. The summed E-state index contributed by atoms with van der Waals surface area (Å²) in [6.45, 7) is 11.3. The molecule has 0 aliphatic rings. The van der Waals surface area contributed by atoms with Crippen molar-refractivity contribution >= 4 is 6.09 Å². The third-order valence-corrected chi connectivity index (χ3v) is 3.46. The summed E-state index contributed by atoms with van der Waals surface area (Å²) in [5.41, 5.74) is 2.23. The lowest BCUT2D eigenvalue weighted by molar-refractivity contribution is 0.0522. The van der Waals surface area contributed by atoms with Crippen LogP contribution in [0.2, 0.25) is 0 Å². The predicted molar refractivity (Wildman–Crippen MR) is 91.0 cm³/mol. The van der Waals surface area contributed by atoms with Crippen LogP contribution in [-0.4, -0.2) is 24.3 Å². The van der Waals surface area contributed by atoms with E-state index in [1.54, 1.807) is 0 Å². The van der Waals surface area contributed by atoms with Gasteiger partial charge in [0.1, 0.15) is 5.60 Å². The Morgan fingerprint density at radius 1 is 1.18 bits per heavy atom. The van der Waals surface area contributed by atoms with E-state index in [9.17, 15) is 4.79 Å². The molecule has 0 aliphatic carbocycles. The number of hydrogen-bond donors (Lipinski definition) is 2. The van der Waals surface area contributed by atoms with Gasteiger partial charge >= 0.3 is 6.09 Å². The molecule has 0 aliphatic heterocycles. The van der Waals surface area contributed by atoms with Crippen LogP contribution < -0.4 is 10.6 Å². The first-order chi connectivity index (χ1) is 10.4. The monoisotopic (exact) mass is 306 g/mol. The molecule has 4 heteroatoms. The summed E-state index contributed by atoms with van der Waals surface area (Å²) >= 11 is 0. The first kappa shape index (κ1) is 18.5. The summed E-state index contributed by atoms with van der Waals surface area (Å²) in [6, 6.07) is 8.69. The van der Waals surface area contributed by atoms with Crippen LogP contribution in [0.5, 0.6) is 0 Å². The molecule has 0 bridgehead atoms. The lowest BCUT2D eigenvalue weighted by Gasteiger charge is -2.22. The van der Waals surface area contributed by atoms with E-state index >= 15 is 0 Å². The first-order valence-electron chi connectivity index (χ1n) is 8.12. The second-order valence-corrected chi connectivity index (χ2v) is 6.49. The minimum atomic E-state index is -0.459. The van der Waals surface area contributed by atoms with Crippen LogP contribution in [0.15, 0.2) is 24.3 Å². The molecule has 2 N–H and O–H groups in total. The molecule has 0 saturated heterocycles. The molecule has 22 heavy (non-hydrogen) atoms. The van der Waals surface area contributed by atoms with Gasteiger partial charge in [-0.1, -0.05) is 38.1 Å². The lowest BCUT2D eigenvalue weighted by atomic mass is 10.0. The van der Waals surface area contributed by atoms with Crippen molar-refractivity contribution in [2.75, 3.05) is 6.54 Å². The molecule has 4 nitrogen and oxygen atoms in total. The van der Waals surface area contributed by atoms with Gasteiger partial charge in [0, 0.05) is 19.1 Å². The van der Waals surface area contributed by atoms with E-state index in [0.717, 1.165) is 19.4 Å². The molecule has 1 amide bonds. The number of nitrogens with one attached hydrogen (secondary N) is 2. The maximum absolute atomic E-state index is 11.7. The highest BCUT2D eigenvalue weighted by molar-refractivity contribution is 5.67. The molecule has 0 radical (unpaired) electrons. The van der Waals surface area contributed by atoms with E-state index in [1.165, 1.54) is 11.1 Å². The third-order valence-electron chi connectivity index (χ3n) is 3.46. The summed E-state index contributed by atoms with van der Waals surface area (Å²) in [5.74, 6) is 0. The molecule has 1 unspecified atom stereocenters. The largest absolute Gasteiger partial charge is 0.444 e. The standard InChI is InChI=1S/C18H30N2O2/c1-6-14-10-8-9-11-15(14)12-19-16(7-2)13-20-17(21)22-18(3,4)5/h8-11,16,19H,6-7,12-13H2,1-5H3,(H,20,21). The van der Waals surface area contributed by atoms with E-state index in [0.29, 0.717) is 6.54 Å². The quantitative estimate of drug-likeness (QED) is 0.808. The van der Waals surface area contributed by atoms with Gasteiger partial charge in [0.2, 0.25) is 0 Å². The molecule has 124 valence electrons. The van der Waals surface area contributed by atoms with E-state index in [-0.39, 0.29) is 12.1 Å². The van der Waals surface area contributed by atoms with Crippen LogP contribution in [0.4, 0.5) is 4.79 Å². The Morgan fingerprint density at radius 2 is 1.82 bits per heavy atom. The zero-order chi connectivity index (χ0) is 16.6. The van der Waals surface area contributed by atoms with Crippen molar-refractivity contribution in [1.29, 1.82) is 0 Å². The number of alkyl carbamates (subject to hydrolysis) is 1.